The molecule has 3 aromatic rings. The number of hydrogen-bond acceptors (Lipinski definition) is 5. The normalized spacial score (nSPS) is 12.5. The van der Waals surface area contributed by atoms with E-state index in [1.165, 1.54) is 11.5 Å². The van der Waals surface area contributed by atoms with Gasteiger partial charge in [0.2, 0.25) is 0 Å². The standard InChI is InChI=1S/C14H15N5S/c1-10-14(20-18-17-10)13(15-2)12-8-9-16-19(12)11-6-4-3-5-7-11/h3-9,13,15H,1-2H3. The van der Waals surface area contributed by atoms with Gasteiger partial charge in [0.25, 0.3) is 0 Å². The van der Waals surface area contributed by atoms with Crippen LogP contribution in [-0.2, 0) is 0 Å². The molecule has 2 aromatic heterocycles. The zero-order valence-electron chi connectivity index (χ0n) is 11.3. The Labute approximate surface area is 121 Å². The molecule has 0 saturated heterocycles. The Hall–Kier alpha value is -2.05. The number of aryl methyl sites for hydroxylation is 1. The van der Waals surface area contributed by atoms with Crippen LogP contribution in [0.3, 0.4) is 0 Å². The molecule has 102 valence electrons. The van der Waals surface area contributed by atoms with Gasteiger partial charge in [-0.25, -0.2) is 4.68 Å². The molecule has 0 aliphatic carbocycles. The summed E-state index contributed by atoms with van der Waals surface area (Å²) in [6.45, 7) is 1.98. The first-order chi connectivity index (χ1) is 9.81. The summed E-state index contributed by atoms with van der Waals surface area (Å²) in [6, 6.07) is 12.2. The highest BCUT2D eigenvalue weighted by atomic mass is 32.1. The summed E-state index contributed by atoms with van der Waals surface area (Å²) in [5.74, 6) is 0. The SMILES string of the molecule is CNC(c1snnc1C)c1ccnn1-c1ccccc1. The highest BCUT2D eigenvalue weighted by molar-refractivity contribution is 7.05. The smallest absolute Gasteiger partial charge is 0.0879 e. The summed E-state index contributed by atoms with van der Waals surface area (Å²) in [6.07, 6.45) is 1.82. The molecule has 6 heteroatoms. The number of nitrogens with one attached hydrogen (secondary N) is 1. The summed E-state index contributed by atoms with van der Waals surface area (Å²) >= 11 is 1.42. The Balaban J connectivity index is 2.07. The second-order valence-electron chi connectivity index (χ2n) is 4.45. The topological polar surface area (TPSA) is 55.6 Å². The fourth-order valence-electron chi connectivity index (χ4n) is 2.23. The number of rotatable bonds is 4. The molecule has 1 aromatic carbocycles. The van der Waals surface area contributed by atoms with E-state index in [-0.39, 0.29) is 6.04 Å². The highest BCUT2D eigenvalue weighted by Gasteiger charge is 2.21. The molecule has 3 rings (SSSR count). The minimum Gasteiger partial charge on any atom is -0.307 e. The van der Waals surface area contributed by atoms with Gasteiger partial charge in [0.05, 0.1) is 28.0 Å². The lowest BCUT2D eigenvalue weighted by Gasteiger charge is -2.16. The quantitative estimate of drug-likeness (QED) is 0.799. The van der Waals surface area contributed by atoms with E-state index in [0.717, 1.165) is 22.0 Å². The van der Waals surface area contributed by atoms with E-state index in [2.05, 4.69) is 20.0 Å². The first kappa shape index (κ1) is 13.0. The van der Waals surface area contributed by atoms with Crippen molar-refractivity contribution in [2.75, 3.05) is 7.05 Å². The van der Waals surface area contributed by atoms with Crippen molar-refractivity contribution in [2.45, 2.75) is 13.0 Å². The summed E-state index contributed by atoms with van der Waals surface area (Å²) in [4.78, 5) is 1.12. The number of para-hydroxylation sites is 1. The van der Waals surface area contributed by atoms with Crippen molar-refractivity contribution >= 4 is 11.5 Å². The van der Waals surface area contributed by atoms with Crippen LogP contribution >= 0.6 is 11.5 Å². The number of nitrogens with zero attached hydrogens (tertiary/aromatic N) is 4. The second kappa shape index (κ2) is 5.52. The van der Waals surface area contributed by atoms with Crippen LogP contribution in [0.2, 0.25) is 0 Å². The fraction of sp³-hybridized carbons (Fsp3) is 0.214. The zero-order valence-corrected chi connectivity index (χ0v) is 12.1. The second-order valence-corrected chi connectivity index (χ2v) is 5.23. The van der Waals surface area contributed by atoms with Gasteiger partial charge in [0.15, 0.2) is 0 Å². The molecule has 0 spiro atoms. The van der Waals surface area contributed by atoms with Crippen molar-refractivity contribution < 1.29 is 0 Å². The number of hydrogen-bond donors (Lipinski definition) is 1. The molecule has 0 radical (unpaired) electrons. The van der Waals surface area contributed by atoms with Gasteiger partial charge in [-0.05, 0) is 43.7 Å². The molecule has 1 unspecified atom stereocenters. The van der Waals surface area contributed by atoms with Crippen LogP contribution < -0.4 is 5.32 Å². The van der Waals surface area contributed by atoms with Crippen LogP contribution in [-0.4, -0.2) is 26.4 Å². The molecular formula is C14H15N5S. The van der Waals surface area contributed by atoms with Crippen LogP contribution in [0.15, 0.2) is 42.6 Å². The fourth-order valence-corrected chi connectivity index (χ4v) is 3.00. The summed E-state index contributed by atoms with van der Waals surface area (Å²) in [7, 11) is 1.94. The number of aromatic nitrogens is 4. The van der Waals surface area contributed by atoms with Gasteiger partial charge in [-0.1, -0.05) is 22.7 Å². The minimum atomic E-state index is 0.0395. The van der Waals surface area contributed by atoms with Crippen molar-refractivity contribution in [3.63, 3.8) is 0 Å². The van der Waals surface area contributed by atoms with E-state index in [1.54, 1.807) is 0 Å². The van der Waals surface area contributed by atoms with Crippen molar-refractivity contribution in [3.05, 3.63) is 58.9 Å². The lowest BCUT2D eigenvalue weighted by Crippen LogP contribution is -2.21. The molecule has 0 amide bonds. The van der Waals surface area contributed by atoms with Crippen LogP contribution in [0.25, 0.3) is 5.69 Å². The molecule has 0 aliphatic heterocycles. The molecule has 20 heavy (non-hydrogen) atoms. The van der Waals surface area contributed by atoms with E-state index in [0.29, 0.717) is 0 Å². The predicted molar refractivity (Wildman–Crippen MR) is 79.1 cm³/mol. The Morgan fingerprint density at radius 3 is 2.65 bits per heavy atom. The van der Waals surface area contributed by atoms with Gasteiger partial charge >= 0.3 is 0 Å². The molecule has 2 heterocycles. The predicted octanol–water partition coefficient (Wildman–Crippen LogP) is 2.34. The van der Waals surface area contributed by atoms with Crippen LogP contribution in [0.1, 0.15) is 22.3 Å². The van der Waals surface area contributed by atoms with Crippen molar-refractivity contribution in [1.82, 2.24) is 24.7 Å². The average molecular weight is 285 g/mol. The summed E-state index contributed by atoms with van der Waals surface area (Å²) in [5, 5.41) is 11.9. The first-order valence-electron chi connectivity index (χ1n) is 6.36. The largest absolute Gasteiger partial charge is 0.307 e. The first-order valence-corrected chi connectivity index (χ1v) is 7.14. The maximum absolute atomic E-state index is 4.44. The van der Waals surface area contributed by atoms with Crippen molar-refractivity contribution in [2.24, 2.45) is 0 Å². The van der Waals surface area contributed by atoms with Crippen LogP contribution in [0, 0.1) is 6.92 Å². The third-order valence-corrected chi connectivity index (χ3v) is 4.10. The molecular weight excluding hydrogens is 270 g/mol. The maximum Gasteiger partial charge on any atom is 0.0879 e. The third-order valence-electron chi connectivity index (χ3n) is 3.21. The zero-order chi connectivity index (χ0) is 13.9. The van der Waals surface area contributed by atoms with Gasteiger partial charge in [0, 0.05) is 6.20 Å². The van der Waals surface area contributed by atoms with Gasteiger partial charge in [-0.15, -0.1) is 5.10 Å². The lowest BCUT2D eigenvalue weighted by atomic mass is 10.1. The van der Waals surface area contributed by atoms with E-state index >= 15 is 0 Å². The Kier molecular flexibility index (Phi) is 3.58. The molecule has 1 atom stereocenters. The molecule has 0 fully saturated rings. The Morgan fingerprint density at radius 1 is 1.20 bits per heavy atom. The van der Waals surface area contributed by atoms with Crippen LogP contribution in [0.4, 0.5) is 0 Å². The van der Waals surface area contributed by atoms with Gasteiger partial charge in [0.1, 0.15) is 0 Å². The van der Waals surface area contributed by atoms with E-state index in [1.807, 2.05) is 61.2 Å². The molecule has 0 aliphatic rings. The lowest BCUT2D eigenvalue weighted by molar-refractivity contribution is 0.642. The Morgan fingerprint density at radius 2 is 2.00 bits per heavy atom. The Bertz CT molecular complexity index is 688. The van der Waals surface area contributed by atoms with E-state index < -0.39 is 0 Å². The highest BCUT2D eigenvalue weighted by Crippen LogP contribution is 2.27. The van der Waals surface area contributed by atoms with Crippen molar-refractivity contribution in [1.29, 1.82) is 0 Å². The van der Waals surface area contributed by atoms with Gasteiger partial charge in [-0.2, -0.15) is 5.10 Å². The van der Waals surface area contributed by atoms with E-state index in [4.69, 9.17) is 0 Å². The monoisotopic (exact) mass is 285 g/mol. The van der Waals surface area contributed by atoms with E-state index in [9.17, 15) is 0 Å². The maximum atomic E-state index is 4.44. The van der Waals surface area contributed by atoms with Gasteiger partial charge < -0.3 is 5.32 Å². The van der Waals surface area contributed by atoms with Gasteiger partial charge in [-0.3, -0.25) is 0 Å². The van der Waals surface area contributed by atoms with Crippen molar-refractivity contribution in [3.8, 4) is 5.69 Å². The molecule has 0 bridgehead atoms. The summed E-state index contributed by atoms with van der Waals surface area (Å²) < 4.78 is 5.97. The van der Waals surface area contributed by atoms with Crippen LogP contribution in [0.5, 0.6) is 0 Å². The average Bonchev–Trinajstić information content (AvgIpc) is 3.11. The molecule has 0 saturated carbocycles. The molecule has 1 N–H and O–H groups in total. The minimum absolute atomic E-state index is 0.0395. The summed E-state index contributed by atoms with van der Waals surface area (Å²) in [5.41, 5.74) is 3.07. The third kappa shape index (κ3) is 2.23. The number of benzene rings is 1. The molecule has 5 nitrogen and oxygen atoms in total.